The molecule has 28 heavy (non-hydrogen) atoms. The van der Waals surface area contributed by atoms with Crippen LogP contribution >= 0.6 is 0 Å². The summed E-state index contributed by atoms with van der Waals surface area (Å²) in [6.45, 7) is 2.79. The Labute approximate surface area is 215 Å². The first-order valence-electron chi connectivity index (χ1n) is 11.2. The van der Waals surface area contributed by atoms with E-state index in [9.17, 15) is 14.7 Å². The predicted molar refractivity (Wildman–Crippen MR) is 109 cm³/mol. The van der Waals surface area contributed by atoms with Crippen molar-refractivity contribution in [3.63, 3.8) is 0 Å². The van der Waals surface area contributed by atoms with E-state index in [0.29, 0.717) is 6.54 Å². The molecule has 0 aliphatic rings. The average molecular weight is 424 g/mol. The molecule has 0 bridgehead atoms. The van der Waals surface area contributed by atoms with E-state index in [1.165, 1.54) is 83.5 Å². The molecule has 0 aromatic rings. The Morgan fingerprint density at radius 3 is 1.43 bits per heavy atom. The Morgan fingerprint density at radius 2 is 1.11 bits per heavy atom. The van der Waals surface area contributed by atoms with Crippen LogP contribution in [-0.4, -0.2) is 29.6 Å². The van der Waals surface area contributed by atoms with Crippen molar-refractivity contribution in [2.45, 2.75) is 122 Å². The minimum atomic E-state index is -1.34. The fourth-order valence-corrected chi connectivity index (χ4v) is 3.36. The second-order valence-electron chi connectivity index (χ2n) is 7.73. The standard InChI is InChI=1S/C22H43NO4.K/c1-2-3-4-5-6-7-8-9-10-11-12-13-14-15-16-17-18-23-20(22(26)27)19-21(24)25;/h20,23H,2-19H2,1H3,(H,24,25)(H,26,27);/q;+1/p-1/t20-;/m0./s1. The van der Waals surface area contributed by atoms with Crippen LogP contribution in [0.3, 0.4) is 0 Å². The van der Waals surface area contributed by atoms with Crippen molar-refractivity contribution < 1.29 is 71.2 Å². The summed E-state index contributed by atoms with van der Waals surface area (Å²) in [6.07, 6.45) is 20.3. The fraction of sp³-hybridized carbons (Fsp3) is 0.909. The molecule has 0 unspecified atom stereocenters. The third-order valence-corrected chi connectivity index (χ3v) is 5.08. The first-order valence-corrected chi connectivity index (χ1v) is 11.2. The molecule has 1 atom stereocenters. The van der Waals surface area contributed by atoms with Crippen LogP contribution in [0.25, 0.3) is 0 Å². The molecule has 0 saturated heterocycles. The first kappa shape index (κ1) is 30.7. The maximum atomic E-state index is 10.8. The molecular formula is C22H42KNO4. The number of hydrogen-bond acceptors (Lipinski definition) is 4. The quantitative estimate of drug-likeness (QED) is 0.215. The molecule has 0 fully saturated rings. The van der Waals surface area contributed by atoms with Crippen LogP contribution in [0.1, 0.15) is 116 Å². The van der Waals surface area contributed by atoms with Gasteiger partial charge in [0.2, 0.25) is 0 Å². The van der Waals surface area contributed by atoms with E-state index in [-0.39, 0.29) is 51.4 Å². The van der Waals surface area contributed by atoms with Crippen molar-refractivity contribution >= 4 is 11.9 Å². The molecular weight excluding hydrogens is 381 g/mol. The van der Waals surface area contributed by atoms with Gasteiger partial charge in [0, 0.05) is 0 Å². The molecule has 0 radical (unpaired) electrons. The van der Waals surface area contributed by atoms with E-state index >= 15 is 0 Å². The molecule has 0 amide bonds. The number of carbonyl (C=O) groups excluding carboxylic acids is 1. The molecule has 6 heteroatoms. The molecule has 0 aliphatic heterocycles. The summed E-state index contributed by atoms with van der Waals surface area (Å²) in [4.78, 5) is 21.4. The molecule has 0 rings (SSSR count). The van der Waals surface area contributed by atoms with Crippen LogP contribution < -0.4 is 61.8 Å². The number of rotatable bonds is 21. The van der Waals surface area contributed by atoms with E-state index in [1.54, 1.807) is 0 Å². The number of unbranched alkanes of at least 4 members (excludes halogenated alkanes) is 15. The number of carboxylic acids is 2. The molecule has 0 aromatic carbocycles. The Bertz CT molecular complexity index is 366. The predicted octanol–water partition coefficient (Wildman–Crippen LogP) is 1.43. The van der Waals surface area contributed by atoms with Gasteiger partial charge in [0.15, 0.2) is 0 Å². The molecule has 2 N–H and O–H groups in total. The van der Waals surface area contributed by atoms with E-state index in [1.807, 2.05) is 0 Å². The third kappa shape index (κ3) is 22.8. The SMILES string of the molecule is CCCCCCCCCCCCCCCCCCN[C@@H](CC(=O)O)C(=O)[O-].[K+]. The molecule has 0 saturated carbocycles. The third-order valence-electron chi connectivity index (χ3n) is 5.08. The zero-order chi connectivity index (χ0) is 20.2. The van der Waals surface area contributed by atoms with Crippen molar-refractivity contribution in [3.05, 3.63) is 0 Å². The summed E-state index contributed by atoms with van der Waals surface area (Å²) in [5.74, 6) is -2.46. The van der Waals surface area contributed by atoms with Crippen molar-refractivity contribution in [1.82, 2.24) is 5.32 Å². The van der Waals surface area contributed by atoms with Gasteiger partial charge >= 0.3 is 57.4 Å². The Hall–Kier alpha value is 0.536. The average Bonchev–Trinajstić information content (AvgIpc) is 2.62. The van der Waals surface area contributed by atoms with Crippen LogP contribution in [-0.2, 0) is 9.59 Å². The Morgan fingerprint density at radius 1 is 0.750 bits per heavy atom. The van der Waals surface area contributed by atoms with Crippen molar-refractivity contribution in [3.8, 4) is 0 Å². The normalized spacial score (nSPS) is 11.8. The molecule has 0 aliphatic carbocycles. The Kier molecular flexibility index (Phi) is 26.1. The van der Waals surface area contributed by atoms with Gasteiger partial charge in [-0.2, -0.15) is 0 Å². The summed E-state index contributed by atoms with van der Waals surface area (Å²) in [5.41, 5.74) is 0. The van der Waals surface area contributed by atoms with Gasteiger partial charge in [-0.05, 0) is 13.0 Å². The minimum absolute atomic E-state index is 0. The van der Waals surface area contributed by atoms with Gasteiger partial charge in [0.25, 0.3) is 0 Å². The van der Waals surface area contributed by atoms with Gasteiger partial charge in [0.05, 0.1) is 18.4 Å². The zero-order valence-electron chi connectivity index (χ0n) is 18.5. The van der Waals surface area contributed by atoms with Gasteiger partial charge < -0.3 is 20.3 Å². The molecule has 160 valence electrons. The van der Waals surface area contributed by atoms with Gasteiger partial charge in [-0.25, -0.2) is 0 Å². The van der Waals surface area contributed by atoms with E-state index < -0.39 is 24.4 Å². The zero-order valence-corrected chi connectivity index (χ0v) is 21.6. The van der Waals surface area contributed by atoms with Gasteiger partial charge in [-0.1, -0.05) is 103 Å². The van der Waals surface area contributed by atoms with E-state index in [4.69, 9.17) is 5.11 Å². The monoisotopic (exact) mass is 423 g/mol. The summed E-state index contributed by atoms with van der Waals surface area (Å²) in [6, 6.07) is -1.08. The number of carboxylic acid groups (broad SMARTS) is 2. The van der Waals surface area contributed by atoms with Crippen LogP contribution in [0.2, 0.25) is 0 Å². The molecule has 0 spiro atoms. The van der Waals surface area contributed by atoms with Crippen LogP contribution in [0.5, 0.6) is 0 Å². The minimum Gasteiger partial charge on any atom is -0.548 e. The number of aliphatic carboxylic acids is 2. The van der Waals surface area contributed by atoms with Crippen molar-refractivity contribution in [2.75, 3.05) is 6.54 Å². The van der Waals surface area contributed by atoms with Crippen LogP contribution in [0.15, 0.2) is 0 Å². The van der Waals surface area contributed by atoms with Crippen molar-refractivity contribution in [2.24, 2.45) is 0 Å². The summed E-state index contributed by atoms with van der Waals surface area (Å²) in [7, 11) is 0. The molecule has 0 heterocycles. The number of hydrogen-bond donors (Lipinski definition) is 2. The topological polar surface area (TPSA) is 89.5 Å². The van der Waals surface area contributed by atoms with Crippen molar-refractivity contribution in [1.29, 1.82) is 0 Å². The van der Waals surface area contributed by atoms with E-state index in [0.717, 1.165) is 19.3 Å². The summed E-state index contributed by atoms with van der Waals surface area (Å²) >= 11 is 0. The van der Waals surface area contributed by atoms with Gasteiger partial charge in [0.1, 0.15) is 0 Å². The van der Waals surface area contributed by atoms with Gasteiger partial charge in [-0.3, -0.25) is 4.79 Å². The first-order chi connectivity index (χ1) is 13.1. The fourth-order valence-electron chi connectivity index (χ4n) is 3.36. The second kappa shape index (κ2) is 23.8. The maximum absolute atomic E-state index is 10.8. The summed E-state index contributed by atoms with van der Waals surface area (Å²) in [5, 5.41) is 22.2. The largest absolute Gasteiger partial charge is 1.00 e. The summed E-state index contributed by atoms with van der Waals surface area (Å²) < 4.78 is 0. The number of carbonyl (C=O) groups is 2. The van der Waals surface area contributed by atoms with E-state index in [2.05, 4.69) is 12.2 Å². The molecule has 5 nitrogen and oxygen atoms in total. The maximum Gasteiger partial charge on any atom is 1.00 e. The van der Waals surface area contributed by atoms with Crippen LogP contribution in [0, 0.1) is 0 Å². The smallest absolute Gasteiger partial charge is 0.548 e. The number of nitrogens with one attached hydrogen (secondary N) is 1. The Balaban J connectivity index is 0. The second-order valence-corrected chi connectivity index (χ2v) is 7.73. The van der Waals surface area contributed by atoms with Gasteiger partial charge in [-0.15, -0.1) is 0 Å². The van der Waals surface area contributed by atoms with Crippen LogP contribution in [0.4, 0.5) is 0 Å². The molecule has 0 aromatic heterocycles.